The fraction of sp³-hybridized carbons (Fsp3) is 0.250. The maximum absolute atomic E-state index is 12.9. The highest BCUT2D eigenvalue weighted by molar-refractivity contribution is 7.07. The van der Waals surface area contributed by atoms with Crippen LogP contribution in [0.4, 0.5) is 5.69 Å². The Morgan fingerprint density at radius 1 is 1.16 bits per heavy atom. The number of anilines is 1. The van der Waals surface area contributed by atoms with E-state index in [1.807, 2.05) is 54.0 Å². The number of carbonyl (C=O) groups excluding carboxylic acids is 1. The summed E-state index contributed by atoms with van der Waals surface area (Å²) in [7, 11) is 2.06. The van der Waals surface area contributed by atoms with Gasteiger partial charge in [0.05, 0.1) is 16.9 Å². The van der Waals surface area contributed by atoms with Crippen molar-refractivity contribution in [2.24, 2.45) is 0 Å². The fourth-order valence-electron chi connectivity index (χ4n) is 3.68. The zero-order chi connectivity index (χ0) is 21.9. The van der Waals surface area contributed by atoms with Gasteiger partial charge in [0.1, 0.15) is 5.82 Å². The average Bonchev–Trinajstić information content (AvgIpc) is 3.33. The largest absolute Gasteiger partial charge is 0.319 e. The van der Waals surface area contributed by atoms with Gasteiger partial charge in [0.25, 0.3) is 5.91 Å². The van der Waals surface area contributed by atoms with Gasteiger partial charge < -0.3 is 5.32 Å². The molecule has 2 aromatic heterocycles. The van der Waals surface area contributed by atoms with E-state index in [1.165, 1.54) is 0 Å². The molecule has 0 saturated heterocycles. The van der Waals surface area contributed by atoms with Crippen molar-refractivity contribution >= 4 is 22.9 Å². The molecular formula is C24H24N6OS. The molecule has 0 spiro atoms. The third kappa shape index (κ3) is 4.76. The van der Waals surface area contributed by atoms with Gasteiger partial charge in [-0.05, 0) is 49.7 Å². The van der Waals surface area contributed by atoms with Gasteiger partial charge in [0.15, 0.2) is 0 Å². The van der Waals surface area contributed by atoms with Crippen molar-refractivity contribution in [2.45, 2.75) is 31.8 Å². The number of nitrogens with one attached hydrogen (secondary N) is 1. The van der Waals surface area contributed by atoms with Crippen LogP contribution in [-0.4, -0.2) is 37.6 Å². The molecule has 1 aliphatic carbocycles. The molecule has 0 bridgehead atoms. The lowest BCUT2D eigenvalue weighted by atomic mass is 10.2. The van der Waals surface area contributed by atoms with E-state index in [1.54, 1.807) is 16.0 Å². The molecule has 7 nitrogen and oxygen atoms in total. The lowest BCUT2D eigenvalue weighted by molar-refractivity contribution is 0.101. The molecule has 2 heterocycles. The zero-order valence-corrected chi connectivity index (χ0v) is 18.6. The third-order valence-electron chi connectivity index (χ3n) is 5.33. The van der Waals surface area contributed by atoms with Crippen molar-refractivity contribution in [3.8, 4) is 5.69 Å². The summed E-state index contributed by atoms with van der Waals surface area (Å²) >= 11 is 1.60. The number of nitrogens with zero attached hydrogens (tertiary/aromatic N) is 5. The Hall–Kier alpha value is -3.36. The predicted molar refractivity (Wildman–Crippen MR) is 125 cm³/mol. The topological polar surface area (TPSA) is 75.9 Å². The van der Waals surface area contributed by atoms with Crippen LogP contribution in [0.1, 0.15) is 46.5 Å². The maximum Gasteiger partial charge on any atom is 0.295 e. The Bertz CT molecular complexity index is 1200. The lowest BCUT2D eigenvalue weighted by Crippen LogP contribution is -2.18. The molecule has 5 rings (SSSR count). The summed E-state index contributed by atoms with van der Waals surface area (Å²) in [6.45, 7) is 1.54. The van der Waals surface area contributed by atoms with Gasteiger partial charge in [0.2, 0.25) is 5.82 Å². The first-order valence-electron chi connectivity index (χ1n) is 10.6. The number of rotatable bonds is 8. The molecule has 8 heteroatoms. The molecule has 1 aliphatic rings. The number of carbonyl (C=O) groups is 1. The SMILES string of the molecule is CN(Cc1cccc(NC(=O)c2nc(C3CC3)n(-c3ccccc3)n2)c1)Cc1cscn1. The Balaban J connectivity index is 1.29. The molecule has 0 atom stereocenters. The Morgan fingerprint density at radius 2 is 2.00 bits per heavy atom. The number of para-hydroxylation sites is 1. The number of aromatic nitrogens is 4. The Morgan fingerprint density at radius 3 is 2.75 bits per heavy atom. The van der Waals surface area contributed by atoms with Gasteiger partial charge in [-0.25, -0.2) is 14.6 Å². The van der Waals surface area contributed by atoms with E-state index < -0.39 is 0 Å². The number of thiazole rings is 1. The van der Waals surface area contributed by atoms with Crippen molar-refractivity contribution in [1.29, 1.82) is 0 Å². The summed E-state index contributed by atoms with van der Waals surface area (Å²) in [5.41, 5.74) is 5.68. The first kappa shape index (κ1) is 20.5. The van der Waals surface area contributed by atoms with Gasteiger partial charge >= 0.3 is 0 Å². The second-order valence-corrected chi connectivity index (χ2v) is 8.84. The van der Waals surface area contributed by atoms with E-state index in [0.29, 0.717) is 5.92 Å². The van der Waals surface area contributed by atoms with Gasteiger partial charge in [-0.15, -0.1) is 16.4 Å². The quantitative estimate of drug-likeness (QED) is 0.433. The molecule has 2 aromatic carbocycles. The number of benzene rings is 2. The first-order valence-corrected chi connectivity index (χ1v) is 11.6. The number of amides is 1. The molecule has 1 fully saturated rings. The molecule has 1 amide bonds. The van der Waals surface area contributed by atoms with Crippen LogP contribution >= 0.6 is 11.3 Å². The Labute approximate surface area is 190 Å². The minimum absolute atomic E-state index is 0.196. The van der Waals surface area contributed by atoms with E-state index in [9.17, 15) is 4.79 Å². The van der Waals surface area contributed by atoms with Crippen LogP contribution in [-0.2, 0) is 13.1 Å². The van der Waals surface area contributed by atoms with Crippen LogP contribution in [0, 0.1) is 0 Å². The third-order valence-corrected chi connectivity index (χ3v) is 5.97. The molecule has 32 heavy (non-hydrogen) atoms. The van der Waals surface area contributed by atoms with Crippen molar-refractivity contribution in [2.75, 3.05) is 12.4 Å². The van der Waals surface area contributed by atoms with Gasteiger partial charge in [0, 0.05) is 30.1 Å². The smallest absolute Gasteiger partial charge is 0.295 e. The van der Waals surface area contributed by atoms with Crippen LogP contribution in [0.2, 0.25) is 0 Å². The number of hydrogen-bond acceptors (Lipinski definition) is 6. The molecule has 0 radical (unpaired) electrons. The second kappa shape index (κ2) is 9.02. The predicted octanol–water partition coefficient (Wildman–Crippen LogP) is 4.49. The normalized spacial score (nSPS) is 13.4. The van der Waals surface area contributed by atoms with Crippen molar-refractivity contribution in [3.63, 3.8) is 0 Å². The van der Waals surface area contributed by atoms with Crippen LogP contribution in [0.3, 0.4) is 0 Å². The first-order chi connectivity index (χ1) is 15.7. The standard InChI is InChI=1S/C24H24N6OS/c1-29(14-20-15-32-16-25-20)13-17-6-5-7-19(12-17)26-24(31)22-27-23(18-10-11-18)30(28-22)21-8-3-2-4-9-21/h2-9,12,15-16,18H,10-11,13-14H2,1H3,(H,26,31). The summed E-state index contributed by atoms with van der Waals surface area (Å²) in [4.78, 5) is 24.1. The highest BCUT2D eigenvalue weighted by atomic mass is 32.1. The maximum atomic E-state index is 12.9. The van der Waals surface area contributed by atoms with Gasteiger partial charge in [-0.3, -0.25) is 9.69 Å². The van der Waals surface area contributed by atoms with E-state index in [2.05, 4.69) is 43.8 Å². The molecule has 1 N–H and O–H groups in total. The van der Waals surface area contributed by atoms with Crippen LogP contribution in [0.25, 0.3) is 5.69 Å². The zero-order valence-electron chi connectivity index (χ0n) is 17.8. The van der Waals surface area contributed by atoms with Crippen molar-refractivity contribution in [1.82, 2.24) is 24.6 Å². The van der Waals surface area contributed by atoms with E-state index in [0.717, 1.165) is 54.4 Å². The van der Waals surface area contributed by atoms with E-state index in [4.69, 9.17) is 0 Å². The molecule has 0 aliphatic heterocycles. The van der Waals surface area contributed by atoms with Gasteiger partial charge in [-0.1, -0.05) is 30.3 Å². The molecular weight excluding hydrogens is 420 g/mol. The second-order valence-electron chi connectivity index (χ2n) is 8.12. The average molecular weight is 445 g/mol. The van der Waals surface area contributed by atoms with Crippen LogP contribution in [0.15, 0.2) is 65.5 Å². The minimum atomic E-state index is -0.297. The fourth-order valence-corrected chi connectivity index (χ4v) is 4.23. The minimum Gasteiger partial charge on any atom is -0.319 e. The van der Waals surface area contributed by atoms with Crippen molar-refractivity contribution in [3.05, 3.63) is 88.4 Å². The monoisotopic (exact) mass is 444 g/mol. The highest BCUT2D eigenvalue weighted by Gasteiger charge is 2.31. The molecule has 0 unspecified atom stereocenters. The molecule has 1 saturated carbocycles. The van der Waals surface area contributed by atoms with Gasteiger partial charge in [-0.2, -0.15) is 0 Å². The van der Waals surface area contributed by atoms with Crippen LogP contribution < -0.4 is 5.32 Å². The van der Waals surface area contributed by atoms with E-state index in [-0.39, 0.29) is 11.7 Å². The summed E-state index contributed by atoms with van der Waals surface area (Å²) in [5.74, 6) is 1.14. The Kier molecular flexibility index (Phi) is 5.79. The highest BCUT2D eigenvalue weighted by Crippen LogP contribution is 2.39. The van der Waals surface area contributed by atoms with Crippen LogP contribution in [0.5, 0.6) is 0 Å². The molecule has 4 aromatic rings. The molecule has 162 valence electrons. The van der Waals surface area contributed by atoms with Crippen molar-refractivity contribution < 1.29 is 4.79 Å². The summed E-state index contributed by atoms with van der Waals surface area (Å²) in [6.07, 6.45) is 2.17. The number of hydrogen-bond donors (Lipinski definition) is 1. The summed E-state index contributed by atoms with van der Waals surface area (Å²) in [5, 5.41) is 9.55. The summed E-state index contributed by atoms with van der Waals surface area (Å²) < 4.78 is 1.80. The summed E-state index contributed by atoms with van der Waals surface area (Å²) in [6, 6.07) is 17.7. The lowest BCUT2D eigenvalue weighted by Gasteiger charge is -2.16. The van der Waals surface area contributed by atoms with E-state index >= 15 is 0 Å².